The van der Waals surface area contributed by atoms with Crippen molar-refractivity contribution < 1.29 is 42.2 Å². The first-order valence-corrected chi connectivity index (χ1v) is 21.8. The minimum atomic E-state index is -4.00. The number of methoxy groups -OCH3 is 1. The molecule has 0 bridgehead atoms. The van der Waals surface area contributed by atoms with E-state index in [-0.39, 0.29) is 25.8 Å². The van der Waals surface area contributed by atoms with Gasteiger partial charge in [0.15, 0.2) is 0 Å². The Kier molecular flexibility index (Phi) is 11.5. The van der Waals surface area contributed by atoms with E-state index < -0.39 is 68.2 Å². The van der Waals surface area contributed by atoms with Crippen LogP contribution in [0.5, 0.6) is 11.6 Å². The highest BCUT2D eigenvalue weighted by Gasteiger charge is 2.63. The first-order chi connectivity index (χ1) is 26.8. The fourth-order valence-electron chi connectivity index (χ4n) is 8.32. The standard InChI is InChI=1S/C41H55N5O9S/c1-40(21-22-40)56(52,53)45-38(49)41-24-27(41)14-8-4-3-5-10-18-32(43-39(50)51)37(48)46-25-28(23-33(46)35(47)44-41)55-36-30(16-9-6-7-13-26-19-20-26)34(54-2)29-15-11-12-17-31(29)42-36/h8,11-12,14-15,17,26-28,32-33,43H,3-7,9-10,13,16,18-25H2,1-2H3,(H,44,47)(H,45,49)(H,50,51). The van der Waals surface area contributed by atoms with E-state index in [0.29, 0.717) is 49.3 Å². The number of aromatic nitrogens is 1. The van der Waals surface area contributed by atoms with Crippen LogP contribution < -0.4 is 24.8 Å². The van der Waals surface area contributed by atoms with Crippen LogP contribution in [0.15, 0.2) is 36.4 Å². The van der Waals surface area contributed by atoms with E-state index in [2.05, 4.69) is 15.4 Å². The molecule has 2 aromatic rings. The molecule has 56 heavy (non-hydrogen) atoms. The molecule has 5 unspecified atom stereocenters. The number of carbonyl (C=O) groups is 4. The lowest BCUT2D eigenvalue weighted by Crippen LogP contribution is -2.58. The average Bonchev–Trinajstić information content (AvgIpc) is 4.11. The zero-order chi connectivity index (χ0) is 39.7. The number of fused-ring (bicyclic) bond motifs is 3. The topological polar surface area (TPSA) is 193 Å². The Morgan fingerprint density at radius 2 is 1.86 bits per heavy atom. The van der Waals surface area contributed by atoms with Gasteiger partial charge in [0.25, 0.3) is 5.91 Å². The molecule has 7 rings (SSSR count). The number of nitrogens with one attached hydrogen (secondary N) is 3. The monoisotopic (exact) mass is 793 g/mol. The van der Waals surface area contributed by atoms with Gasteiger partial charge >= 0.3 is 6.09 Å². The number of hydrogen-bond donors (Lipinski definition) is 4. The molecule has 14 nitrogen and oxygen atoms in total. The van der Waals surface area contributed by atoms with Crippen LogP contribution in [0.25, 0.3) is 10.9 Å². The number of amides is 4. The molecule has 0 radical (unpaired) electrons. The summed E-state index contributed by atoms with van der Waals surface area (Å²) in [6.07, 6.45) is 13.4. The summed E-state index contributed by atoms with van der Waals surface area (Å²) in [6.45, 7) is 1.55. The minimum absolute atomic E-state index is 0.0313. The van der Waals surface area contributed by atoms with E-state index in [1.54, 1.807) is 14.0 Å². The molecule has 1 aromatic carbocycles. The van der Waals surface area contributed by atoms with Gasteiger partial charge < -0.3 is 30.1 Å². The molecule has 1 aromatic heterocycles. The molecule has 5 aliphatic rings. The van der Waals surface area contributed by atoms with Gasteiger partial charge in [0.1, 0.15) is 29.5 Å². The summed E-state index contributed by atoms with van der Waals surface area (Å²) in [6, 6.07) is 5.38. The molecule has 304 valence electrons. The molecular weight excluding hydrogens is 739 g/mol. The van der Waals surface area contributed by atoms with Crippen LogP contribution in [0.3, 0.4) is 0 Å². The Hall–Kier alpha value is -4.40. The molecule has 1 saturated heterocycles. The minimum Gasteiger partial charge on any atom is -0.496 e. The molecule has 3 heterocycles. The lowest BCUT2D eigenvalue weighted by molar-refractivity contribution is -0.141. The van der Waals surface area contributed by atoms with Crippen LogP contribution in [0, 0.1) is 11.8 Å². The zero-order valence-corrected chi connectivity index (χ0v) is 33.2. The van der Waals surface area contributed by atoms with Gasteiger partial charge in [-0.1, -0.05) is 69.2 Å². The molecule has 4 fully saturated rings. The summed E-state index contributed by atoms with van der Waals surface area (Å²) in [5, 5.41) is 15.8. The van der Waals surface area contributed by atoms with Gasteiger partial charge in [0, 0.05) is 17.7 Å². The Bertz CT molecular complexity index is 1980. The van der Waals surface area contributed by atoms with Gasteiger partial charge in [-0.2, -0.15) is 0 Å². The number of hydrogen-bond acceptors (Lipinski definition) is 9. The highest BCUT2D eigenvalue weighted by Crippen LogP contribution is 2.48. The normalized spacial score (nSPS) is 27.6. The third-order valence-corrected chi connectivity index (χ3v) is 14.6. The molecule has 3 aliphatic carbocycles. The van der Waals surface area contributed by atoms with E-state index in [1.807, 2.05) is 36.4 Å². The van der Waals surface area contributed by atoms with Gasteiger partial charge in [-0.05, 0) is 76.3 Å². The summed E-state index contributed by atoms with van der Waals surface area (Å²) in [5.74, 6) is -0.588. The second kappa shape index (κ2) is 16.2. The fraction of sp³-hybridized carbons (Fsp3) is 0.634. The van der Waals surface area contributed by atoms with Gasteiger partial charge in [0.2, 0.25) is 27.7 Å². The van der Waals surface area contributed by atoms with E-state index in [4.69, 9.17) is 14.5 Å². The van der Waals surface area contributed by atoms with Crippen molar-refractivity contribution in [1.29, 1.82) is 0 Å². The van der Waals surface area contributed by atoms with Crippen molar-refractivity contribution in [3.8, 4) is 11.6 Å². The number of rotatable bonds is 13. The number of nitrogens with zero attached hydrogens (tertiary/aromatic N) is 2. The maximum atomic E-state index is 14.4. The molecular formula is C41H55N5O9S. The van der Waals surface area contributed by atoms with Gasteiger partial charge in [0.05, 0.1) is 29.5 Å². The van der Waals surface area contributed by atoms with Crippen LogP contribution >= 0.6 is 0 Å². The predicted octanol–water partition coefficient (Wildman–Crippen LogP) is 5.13. The summed E-state index contributed by atoms with van der Waals surface area (Å²) in [4.78, 5) is 60.8. The molecule has 3 saturated carbocycles. The maximum absolute atomic E-state index is 14.4. The first-order valence-electron chi connectivity index (χ1n) is 20.3. The van der Waals surface area contributed by atoms with Crippen molar-refractivity contribution in [3.05, 3.63) is 42.0 Å². The largest absolute Gasteiger partial charge is 0.496 e. The molecule has 2 aliphatic heterocycles. The number of sulfonamides is 1. The van der Waals surface area contributed by atoms with Gasteiger partial charge in [-0.25, -0.2) is 18.2 Å². The number of carboxylic acid groups (broad SMARTS) is 1. The predicted molar refractivity (Wildman–Crippen MR) is 209 cm³/mol. The number of para-hydroxylation sites is 1. The SMILES string of the molecule is COc1c(CCCCCC2CC2)c(OC2CC3C(=O)NC4(C(=O)NS(=O)(=O)C5(C)CC5)CC4C=CCCCCCC(NC(=O)O)C(=O)N3C2)nc2ccccc12. The number of pyridine rings is 1. The van der Waals surface area contributed by atoms with Crippen LogP contribution in [0.4, 0.5) is 4.79 Å². The fourth-order valence-corrected chi connectivity index (χ4v) is 9.63. The van der Waals surface area contributed by atoms with Crippen molar-refractivity contribution in [2.75, 3.05) is 13.7 Å². The van der Waals surface area contributed by atoms with Crippen LogP contribution in [0.1, 0.15) is 109 Å². The summed E-state index contributed by atoms with van der Waals surface area (Å²) in [5.41, 5.74) is -0.0598. The highest BCUT2D eigenvalue weighted by atomic mass is 32.2. The number of allylic oxidation sites excluding steroid dienone is 1. The van der Waals surface area contributed by atoms with E-state index >= 15 is 0 Å². The smallest absolute Gasteiger partial charge is 0.405 e. The van der Waals surface area contributed by atoms with Gasteiger partial charge in [-0.3, -0.25) is 19.1 Å². The average molecular weight is 794 g/mol. The Balaban J connectivity index is 1.18. The Morgan fingerprint density at radius 3 is 2.59 bits per heavy atom. The van der Waals surface area contributed by atoms with Crippen molar-refractivity contribution in [1.82, 2.24) is 25.2 Å². The second-order valence-electron chi connectivity index (χ2n) is 16.7. The third-order valence-electron chi connectivity index (χ3n) is 12.4. The van der Waals surface area contributed by atoms with Crippen LogP contribution in [0.2, 0.25) is 0 Å². The number of carbonyl (C=O) groups excluding carboxylic acids is 3. The third kappa shape index (κ3) is 8.62. The maximum Gasteiger partial charge on any atom is 0.405 e. The quantitative estimate of drug-likeness (QED) is 0.156. The van der Waals surface area contributed by atoms with E-state index in [1.165, 1.54) is 24.2 Å². The highest BCUT2D eigenvalue weighted by molar-refractivity contribution is 7.91. The second-order valence-corrected chi connectivity index (χ2v) is 18.9. The van der Waals surface area contributed by atoms with Crippen molar-refractivity contribution in [3.63, 3.8) is 0 Å². The lowest BCUT2D eigenvalue weighted by atomic mass is 10.0. The Labute approximate surface area is 328 Å². The summed E-state index contributed by atoms with van der Waals surface area (Å²) in [7, 11) is -2.38. The molecule has 4 N–H and O–H groups in total. The van der Waals surface area contributed by atoms with E-state index in [0.717, 1.165) is 49.0 Å². The van der Waals surface area contributed by atoms with Crippen LogP contribution in [-0.4, -0.2) is 89.4 Å². The first kappa shape index (κ1) is 39.8. The van der Waals surface area contributed by atoms with Crippen molar-refractivity contribution in [2.24, 2.45) is 11.8 Å². The number of ether oxygens (including phenoxy) is 2. The molecule has 4 amide bonds. The van der Waals surface area contributed by atoms with E-state index in [9.17, 15) is 32.7 Å². The van der Waals surface area contributed by atoms with Crippen molar-refractivity contribution >= 4 is 44.7 Å². The molecule has 15 heteroatoms. The number of benzene rings is 1. The van der Waals surface area contributed by atoms with Crippen molar-refractivity contribution in [2.45, 2.75) is 138 Å². The summed E-state index contributed by atoms with van der Waals surface area (Å²) >= 11 is 0. The molecule has 5 atom stereocenters. The zero-order valence-electron chi connectivity index (χ0n) is 32.4. The van der Waals surface area contributed by atoms with Gasteiger partial charge in [-0.15, -0.1) is 0 Å². The molecule has 0 spiro atoms. The lowest BCUT2D eigenvalue weighted by Gasteiger charge is -2.29. The number of unbranched alkanes of at least 4 members (excludes halogenated alkanes) is 2. The van der Waals surface area contributed by atoms with Crippen LogP contribution in [-0.2, 0) is 30.8 Å². The Morgan fingerprint density at radius 1 is 1.07 bits per heavy atom. The summed E-state index contributed by atoms with van der Waals surface area (Å²) < 4.78 is 40.2.